The molecule has 0 unspecified atom stereocenters. The van der Waals surface area contributed by atoms with Gasteiger partial charge < -0.3 is 14.7 Å². The maximum Gasteiger partial charge on any atom is 0.416 e. The van der Waals surface area contributed by atoms with Gasteiger partial charge in [-0.3, -0.25) is 4.90 Å². The Hall–Kier alpha value is -2.77. The molecule has 0 saturated carbocycles. The van der Waals surface area contributed by atoms with Crippen molar-refractivity contribution in [2.75, 3.05) is 44.2 Å². The molecule has 0 radical (unpaired) electrons. The summed E-state index contributed by atoms with van der Waals surface area (Å²) in [6.45, 7) is 3.21. The first-order valence-corrected chi connectivity index (χ1v) is 10.3. The number of piperazine rings is 1. The van der Waals surface area contributed by atoms with E-state index in [-0.39, 0.29) is 6.61 Å². The van der Waals surface area contributed by atoms with E-state index in [4.69, 9.17) is 4.74 Å². The molecule has 1 atom stereocenters. The van der Waals surface area contributed by atoms with Crippen molar-refractivity contribution in [3.63, 3.8) is 0 Å². The van der Waals surface area contributed by atoms with Gasteiger partial charge in [-0.15, -0.1) is 0 Å². The number of rotatable bonds is 6. The van der Waals surface area contributed by atoms with Gasteiger partial charge in [0.05, 0.1) is 5.56 Å². The number of aliphatic hydroxyl groups excluding tert-OH is 1. The number of benzene rings is 3. The first-order chi connectivity index (χ1) is 14.9. The first kappa shape index (κ1) is 21.5. The fourth-order valence-corrected chi connectivity index (χ4v) is 3.87. The minimum Gasteiger partial charge on any atom is -0.491 e. The smallest absolute Gasteiger partial charge is 0.416 e. The molecule has 1 N–H and O–H groups in total. The molecule has 164 valence electrons. The van der Waals surface area contributed by atoms with E-state index in [1.807, 2.05) is 47.4 Å². The lowest BCUT2D eigenvalue weighted by Gasteiger charge is -2.37. The number of hydrogen-bond donors (Lipinski definition) is 1. The molecule has 0 aromatic heterocycles. The Labute approximate surface area is 179 Å². The molecule has 1 saturated heterocycles. The number of β-amino-alcohol motifs (C(OH)–C–C–N with tert-alkyl or cyclic N) is 1. The Balaban J connectivity index is 1.25. The van der Waals surface area contributed by atoms with E-state index in [2.05, 4.69) is 4.90 Å². The highest BCUT2D eigenvalue weighted by Crippen LogP contribution is 2.32. The third-order valence-electron chi connectivity index (χ3n) is 5.54. The van der Waals surface area contributed by atoms with Gasteiger partial charge in [0.1, 0.15) is 18.5 Å². The van der Waals surface area contributed by atoms with Crippen molar-refractivity contribution < 1.29 is 23.0 Å². The van der Waals surface area contributed by atoms with Crippen LogP contribution in [0.25, 0.3) is 10.8 Å². The predicted molar refractivity (Wildman–Crippen MR) is 116 cm³/mol. The molecule has 0 bridgehead atoms. The topological polar surface area (TPSA) is 35.9 Å². The lowest BCUT2D eigenvalue weighted by atomic mass is 10.1. The second-order valence-electron chi connectivity index (χ2n) is 7.81. The quantitative estimate of drug-likeness (QED) is 0.628. The van der Waals surface area contributed by atoms with Crippen molar-refractivity contribution in [1.29, 1.82) is 0 Å². The molecule has 1 fully saturated rings. The summed E-state index contributed by atoms with van der Waals surface area (Å²) in [5, 5.41) is 12.6. The number of fused-ring (bicyclic) bond motifs is 1. The zero-order valence-electron chi connectivity index (χ0n) is 17.1. The fourth-order valence-electron chi connectivity index (χ4n) is 3.87. The molecule has 0 aliphatic carbocycles. The standard InChI is InChI=1S/C24H25F3N2O2/c25-24(26,27)20-6-3-7-21(15-20)29-12-10-28(11-13-29)16-22(30)17-31-23-9-8-18-4-1-2-5-19(18)14-23/h1-9,14-15,22,30H,10-13,16-17H2/t22-/m0/s1. The minimum absolute atomic E-state index is 0.187. The molecular formula is C24H25F3N2O2. The second-order valence-corrected chi connectivity index (χ2v) is 7.81. The molecule has 1 heterocycles. The van der Waals surface area contributed by atoms with Crippen LogP contribution in [0.3, 0.4) is 0 Å². The number of hydrogen-bond acceptors (Lipinski definition) is 4. The Bertz CT molecular complexity index is 1020. The van der Waals surface area contributed by atoms with Crippen LogP contribution >= 0.6 is 0 Å². The molecule has 7 heteroatoms. The number of nitrogens with zero attached hydrogens (tertiary/aromatic N) is 2. The van der Waals surface area contributed by atoms with Gasteiger partial charge in [0.15, 0.2) is 0 Å². The van der Waals surface area contributed by atoms with E-state index in [0.717, 1.165) is 16.8 Å². The number of alkyl halides is 3. The number of ether oxygens (including phenoxy) is 1. The van der Waals surface area contributed by atoms with Crippen molar-refractivity contribution in [1.82, 2.24) is 4.90 Å². The molecule has 1 aliphatic rings. The molecule has 3 aromatic carbocycles. The summed E-state index contributed by atoms with van der Waals surface area (Å²) >= 11 is 0. The van der Waals surface area contributed by atoms with Crippen molar-refractivity contribution in [2.24, 2.45) is 0 Å². The predicted octanol–water partition coefficient (Wildman–Crippen LogP) is 4.42. The molecule has 1 aliphatic heterocycles. The Kier molecular flexibility index (Phi) is 6.34. The van der Waals surface area contributed by atoms with Gasteiger partial charge in [-0.1, -0.05) is 36.4 Å². The summed E-state index contributed by atoms with van der Waals surface area (Å²) in [7, 11) is 0. The van der Waals surface area contributed by atoms with Crippen molar-refractivity contribution >= 4 is 16.5 Å². The van der Waals surface area contributed by atoms with E-state index in [1.165, 1.54) is 12.1 Å². The van der Waals surface area contributed by atoms with E-state index >= 15 is 0 Å². The highest BCUT2D eigenvalue weighted by Gasteiger charge is 2.31. The van der Waals surface area contributed by atoms with E-state index in [0.29, 0.717) is 44.2 Å². The summed E-state index contributed by atoms with van der Waals surface area (Å²) in [4.78, 5) is 4.06. The van der Waals surface area contributed by atoms with Crippen LogP contribution in [-0.2, 0) is 6.18 Å². The van der Waals surface area contributed by atoms with Crippen molar-refractivity contribution in [3.05, 3.63) is 72.3 Å². The van der Waals surface area contributed by atoms with Gasteiger partial charge >= 0.3 is 6.18 Å². The van der Waals surface area contributed by atoms with Crippen LogP contribution in [-0.4, -0.2) is 55.4 Å². The summed E-state index contributed by atoms with van der Waals surface area (Å²) in [5.74, 6) is 0.715. The molecule has 4 rings (SSSR count). The van der Waals surface area contributed by atoms with Crippen LogP contribution in [0.15, 0.2) is 66.7 Å². The van der Waals surface area contributed by atoms with Crippen molar-refractivity contribution in [2.45, 2.75) is 12.3 Å². The maximum atomic E-state index is 12.9. The summed E-state index contributed by atoms with van der Waals surface area (Å²) in [6.07, 6.45) is -4.99. The van der Waals surface area contributed by atoms with Gasteiger partial charge in [-0.25, -0.2) is 0 Å². The highest BCUT2D eigenvalue weighted by atomic mass is 19.4. The van der Waals surface area contributed by atoms with E-state index in [9.17, 15) is 18.3 Å². The summed E-state index contributed by atoms with van der Waals surface area (Å²) in [5.41, 5.74) is -0.0525. The lowest BCUT2D eigenvalue weighted by molar-refractivity contribution is -0.137. The Morgan fingerprint density at radius 1 is 0.871 bits per heavy atom. The largest absolute Gasteiger partial charge is 0.491 e. The molecular weight excluding hydrogens is 405 g/mol. The Morgan fingerprint density at radius 2 is 1.61 bits per heavy atom. The molecule has 3 aromatic rings. The van der Waals surface area contributed by atoms with E-state index < -0.39 is 17.8 Å². The zero-order valence-corrected chi connectivity index (χ0v) is 17.1. The molecule has 31 heavy (non-hydrogen) atoms. The molecule has 0 amide bonds. The summed E-state index contributed by atoms with van der Waals surface area (Å²) in [6, 6.07) is 19.3. The number of aliphatic hydroxyl groups is 1. The lowest BCUT2D eigenvalue weighted by Crippen LogP contribution is -2.49. The number of halogens is 3. The first-order valence-electron chi connectivity index (χ1n) is 10.3. The average Bonchev–Trinajstić information content (AvgIpc) is 2.77. The van der Waals surface area contributed by atoms with Gasteiger partial charge in [0, 0.05) is 38.4 Å². The second kappa shape index (κ2) is 9.16. The zero-order chi connectivity index (χ0) is 21.8. The third kappa shape index (κ3) is 5.48. The monoisotopic (exact) mass is 430 g/mol. The van der Waals surface area contributed by atoms with Crippen LogP contribution < -0.4 is 9.64 Å². The van der Waals surface area contributed by atoms with Gasteiger partial charge in [-0.2, -0.15) is 13.2 Å². The third-order valence-corrected chi connectivity index (χ3v) is 5.54. The van der Waals surface area contributed by atoms with Crippen LogP contribution in [0.5, 0.6) is 5.75 Å². The van der Waals surface area contributed by atoms with Crippen molar-refractivity contribution in [3.8, 4) is 5.75 Å². The van der Waals surface area contributed by atoms with Crippen LogP contribution in [0.2, 0.25) is 0 Å². The van der Waals surface area contributed by atoms with Gasteiger partial charge in [-0.05, 0) is 41.1 Å². The van der Waals surface area contributed by atoms with Crippen LogP contribution in [0.4, 0.5) is 18.9 Å². The van der Waals surface area contributed by atoms with E-state index in [1.54, 1.807) is 6.07 Å². The summed E-state index contributed by atoms with van der Waals surface area (Å²) < 4.78 is 44.6. The highest BCUT2D eigenvalue weighted by molar-refractivity contribution is 5.83. The normalized spacial score (nSPS) is 16.5. The van der Waals surface area contributed by atoms with Gasteiger partial charge in [0.2, 0.25) is 0 Å². The average molecular weight is 430 g/mol. The number of anilines is 1. The fraction of sp³-hybridized carbons (Fsp3) is 0.333. The van der Waals surface area contributed by atoms with Crippen LogP contribution in [0.1, 0.15) is 5.56 Å². The SMILES string of the molecule is O[C@H](COc1ccc2ccccc2c1)CN1CCN(c2cccc(C(F)(F)F)c2)CC1. The molecule has 4 nitrogen and oxygen atoms in total. The Morgan fingerprint density at radius 3 is 2.35 bits per heavy atom. The van der Waals surface area contributed by atoms with Gasteiger partial charge in [0.25, 0.3) is 0 Å². The van der Waals surface area contributed by atoms with Crippen LogP contribution in [0, 0.1) is 0 Å². The molecule has 0 spiro atoms. The maximum absolute atomic E-state index is 12.9. The minimum atomic E-state index is -4.34.